The zero-order valence-corrected chi connectivity index (χ0v) is 11.3. The molecule has 1 fully saturated rings. The van der Waals surface area contributed by atoms with Crippen LogP contribution in [0.2, 0.25) is 0 Å². The zero-order valence-electron chi connectivity index (χ0n) is 11.3. The molecule has 0 aromatic heterocycles. The first kappa shape index (κ1) is 15.0. The van der Waals surface area contributed by atoms with Crippen LogP contribution in [0.1, 0.15) is 39.5 Å². The minimum absolute atomic E-state index is 0.0951. The Balaban J connectivity index is 2.15. The fourth-order valence-corrected chi connectivity index (χ4v) is 2.31. The molecular formula is C13H24N2O3. The molecule has 0 aliphatic carbocycles. The molecule has 18 heavy (non-hydrogen) atoms. The normalized spacial score (nSPS) is 17.9. The van der Waals surface area contributed by atoms with E-state index in [9.17, 15) is 9.59 Å². The topological polar surface area (TPSA) is 69.6 Å². The van der Waals surface area contributed by atoms with Gasteiger partial charge in [0.25, 0.3) is 0 Å². The van der Waals surface area contributed by atoms with Crippen molar-refractivity contribution in [1.29, 1.82) is 0 Å². The predicted octanol–water partition coefficient (Wildman–Crippen LogP) is 1.09. The maximum absolute atomic E-state index is 11.5. The maximum Gasteiger partial charge on any atom is 0.303 e. The summed E-state index contributed by atoms with van der Waals surface area (Å²) in [5.41, 5.74) is 0. The van der Waals surface area contributed by atoms with Crippen molar-refractivity contribution in [2.75, 3.05) is 19.6 Å². The second-order valence-electron chi connectivity index (χ2n) is 5.36. The number of likely N-dealkylation sites (tertiary alicyclic amines) is 1. The molecule has 5 heteroatoms. The molecule has 0 atom stereocenters. The van der Waals surface area contributed by atoms with Crippen molar-refractivity contribution in [3.8, 4) is 0 Å². The van der Waals surface area contributed by atoms with Crippen LogP contribution in [-0.2, 0) is 9.59 Å². The number of carboxylic acids is 1. The number of carbonyl (C=O) groups excluding carboxylic acids is 1. The van der Waals surface area contributed by atoms with E-state index in [0.717, 1.165) is 32.5 Å². The Hall–Kier alpha value is -1.10. The highest BCUT2D eigenvalue weighted by atomic mass is 16.4. The lowest BCUT2D eigenvalue weighted by Crippen LogP contribution is -2.38. The first-order chi connectivity index (χ1) is 8.47. The first-order valence-electron chi connectivity index (χ1n) is 6.71. The van der Waals surface area contributed by atoms with Crippen molar-refractivity contribution in [2.24, 2.45) is 5.92 Å². The van der Waals surface area contributed by atoms with Crippen LogP contribution >= 0.6 is 0 Å². The van der Waals surface area contributed by atoms with Crippen LogP contribution in [0.3, 0.4) is 0 Å². The van der Waals surface area contributed by atoms with E-state index in [1.54, 1.807) is 0 Å². The molecule has 1 aliphatic rings. The Bertz CT molecular complexity index is 284. The average molecular weight is 256 g/mol. The van der Waals surface area contributed by atoms with Gasteiger partial charge in [-0.25, -0.2) is 0 Å². The summed E-state index contributed by atoms with van der Waals surface area (Å²) in [5, 5.41) is 11.6. The van der Waals surface area contributed by atoms with E-state index < -0.39 is 5.97 Å². The molecule has 0 aromatic rings. The van der Waals surface area contributed by atoms with Gasteiger partial charge in [-0.15, -0.1) is 0 Å². The highest BCUT2D eigenvalue weighted by molar-refractivity contribution is 5.76. The van der Waals surface area contributed by atoms with E-state index in [2.05, 4.69) is 10.2 Å². The standard InChI is InChI=1S/C13H24N2O3/c1-10(2)14-12(16)5-8-15-6-3-11(4-7-15)9-13(17)18/h10-11H,3-9H2,1-2H3,(H,14,16)(H,17,18). The monoisotopic (exact) mass is 256 g/mol. The molecule has 1 rings (SSSR count). The van der Waals surface area contributed by atoms with Crippen LogP contribution in [0.15, 0.2) is 0 Å². The van der Waals surface area contributed by atoms with E-state index in [1.165, 1.54) is 0 Å². The Morgan fingerprint density at radius 3 is 2.44 bits per heavy atom. The number of carbonyl (C=O) groups is 2. The van der Waals surface area contributed by atoms with Gasteiger partial charge in [0.15, 0.2) is 0 Å². The van der Waals surface area contributed by atoms with Crippen LogP contribution in [0, 0.1) is 5.92 Å². The van der Waals surface area contributed by atoms with Crippen LogP contribution < -0.4 is 5.32 Å². The molecule has 104 valence electrons. The highest BCUT2D eigenvalue weighted by Gasteiger charge is 2.21. The Morgan fingerprint density at radius 2 is 1.94 bits per heavy atom. The van der Waals surface area contributed by atoms with Crippen molar-refractivity contribution in [1.82, 2.24) is 10.2 Å². The average Bonchev–Trinajstić information content (AvgIpc) is 2.26. The van der Waals surface area contributed by atoms with Crippen molar-refractivity contribution < 1.29 is 14.7 Å². The van der Waals surface area contributed by atoms with Gasteiger partial charge in [0, 0.05) is 25.4 Å². The van der Waals surface area contributed by atoms with Crippen LogP contribution in [0.4, 0.5) is 0 Å². The van der Waals surface area contributed by atoms with E-state index in [1.807, 2.05) is 13.8 Å². The lowest BCUT2D eigenvalue weighted by molar-refractivity contribution is -0.138. The molecule has 0 aromatic carbocycles. The molecule has 1 aliphatic heterocycles. The van der Waals surface area contributed by atoms with Crippen molar-refractivity contribution in [3.63, 3.8) is 0 Å². The largest absolute Gasteiger partial charge is 0.481 e. The minimum atomic E-state index is -0.704. The molecule has 0 saturated carbocycles. The van der Waals surface area contributed by atoms with Crippen molar-refractivity contribution in [2.45, 2.75) is 45.6 Å². The summed E-state index contributed by atoms with van der Waals surface area (Å²) in [6, 6.07) is 0.193. The van der Waals surface area contributed by atoms with Gasteiger partial charge in [-0.1, -0.05) is 0 Å². The summed E-state index contributed by atoms with van der Waals surface area (Å²) in [4.78, 5) is 24.3. The Labute approximate surface area is 109 Å². The summed E-state index contributed by atoms with van der Waals surface area (Å²) >= 11 is 0. The smallest absolute Gasteiger partial charge is 0.303 e. The molecule has 0 bridgehead atoms. The quantitative estimate of drug-likeness (QED) is 0.746. The third-order valence-electron chi connectivity index (χ3n) is 3.28. The third kappa shape index (κ3) is 6.00. The molecule has 1 heterocycles. The Morgan fingerprint density at radius 1 is 1.33 bits per heavy atom. The number of carboxylic acid groups (broad SMARTS) is 1. The SMILES string of the molecule is CC(C)NC(=O)CCN1CCC(CC(=O)O)CC1. The summed E-state index contributed by atoms with van der Waals surface area (Å²) in [5.74, 6) is -0.300. The molecule has 0 radical (unpaired) electrons. The minimum Gasteiger partial charge on any atom is -0.481 e. The van der Waals surface area contributed by atoms with E-state index >= 15 is 0 Å². The fourth-order valence-electron chi connectivity index (χ4n) is 2.31. The molecule has 2 N–H and O–H groups in total. The van der Waals surface area contributed by atoms with Gasteiger partial charge in [-0.3, -0.25) is 9.59 Å². The summed E-state index contributed by atoms with van der Waals surface area (Å²) in [7, 11) is 0. The van der Waals surface area contributed by atoms with Gasteiger partial charge in [-0.05, 0) is 45.7 Å². The molecule has 0 unspecified atom stereocenters. The Kier molecular flexibility index (Phi) is 6.12. The van der Waals surface area contributed by atoms with Crippen molar-refractivity contribution in [3.05, 3.63) is 0 Å². The zero-order chi connectivity index (χ0) is 13.5. The number of piperidine rings is 1. The number of nitrogens with zero attached hydrogens (tertiary/aromatic N) is 1. The lowest BCUT2D eigenvalue weighted by atomic mass is 9.93. The maximum atomic E-state index is 11.5. The molecule has 0 spiro atoms. The van der Waals surface area contributed by atoms with Gasteiger partial charge in [0.1, 0.15) is 0 Å². The second-order valence-corrected chi connectivity index (χ2v) is 5.36. The van der Waals surface area contributed by atoms with Gasteiger partial charge in [0.05, 0.1) is 0 Å². The van der Waals surface area contributed by atoms with Gasteiger partial charge in [-0.2, -0.15) is 0 Å². The summed E-state index contributed by atoms with van der Waals surface area (Å²) in [6.45, 7) is 6.50. The van der Waals surface area contributed by atoms with E-state index in [4.69, 9.17) is 5.11 Å². The lowest BCUT2D eigenvalue weighted by Gasteiger charge is -2.31. The number of nitrogens with one attached hydrogen (secondary N) is 1. The van der Waals surface area contributed by atoms with Crippen LogP contribution in [0.25, 0.3) is 0 Å². The summed E-state index contributed by atoms with van der Waals surface area (Å²) in [6.07, 6.45) is 2.67. The number of hydrogen-bond donors (Lipinski definition) is 2. The van der Waals surface area contributed by atoms with Gasteiger partial charge < -0.3 is 15.3 Å². The van der Waals surface area contributed by atoms with Crippen LogP contribution in [-0.4, -0.2) is 47.6 Å². The molecule has 1 amide bonds. The van der Waals surface area contributed by atoms with Crippen LogP contribution in [0.5, 0.6) is 0 Å². The van der Waals surface area contributed by atoms with E-state index in [-0.39, 0.29) is 18.4 Å². The highest BCUT2D eigenvalue weighted by Crippen LogP contribution is 2.20. The fraction of sp³-hybridized carbons (Fsp3) is 0.846. The predicted molar refractivity (Wildman–Crippen MR) is 69.3 cm³/mol. The molecule has 5 nitrogen and oxygen atoms in total. The number of rotatable bonds is 6. The third-order valence-corrected chi connectivity index (χ3v) is 3.28. The second kappa shape index (κ2) is 7.36. The van der Waals surface area contributed by atoms with Gasteiger partial charge in [0.2, 0.25) is 5.91 Å². The van der Waals surface area contributed by atoms with Gasteiger partial charge >= 0.3 is 5.97 Å². The molecular weight excluding hydrogens is 232 g/mol. The van der Waals surface area contributed by atoms with Crippen molar-refractivity contribution >= 4 is 11.9 Å². The number of hydrogen-bond acceptors (Lipinski definition) is 3. The van der Waals surface area contributed by atoms with E-state index in [0.29, 0.717) is 12.3 Å². The number of amides is 1. The first-order valence-corrected chi connectivity index (χ1v) is 6.71. The molecule has 1 saturated heterocycles. The summed E-state index contributed by atoms with van der Waals surface area (Å²) < 4.78 is 0. The number of aliphatic carboxylic acids is 1.